The van der Waals surface area contributed by atoms with Crippen molar-refractivity contribution in [3.05, 3.63) is 0 Å². The summed E-state index contributed by atoms with van der Waals surface area (Å²) in [5, 5.41) is 0. The molecular formula is H6AsCuNO4Zn. The van der Waals surface area contributed by atoms with E-state index in [9.17, 15) is 0 Å². The van der Waals surface area contributed by atoms with Crippen molar-refractivity contribution in [2.75, 3.05) is 0 Å². The van der Waals surface area contributed by atoms with Gasteiger partial charge in [-0.15, -0.1) is 0 Å². The predicted molar refractivity (Wildman–Crippen MR) is 18.1 cm³/mol. The van der Waals surface area contributed by atoms with Gasteiger partial charge in [0.25, 0.3) is 0 Å². The van der Waals surface area contributed by atoms with Gasteiger partial charge in [0, 0.05) is 36.5 Å². The first kappa shape index (κ1) is 22.8. The van der Waals surface area contributed by atoms with Crippen molar-refractivity contribution in [2.45, 2.75) is 0 Å². The van der Waals surface area contributed by atoms with Crippen molar-refractivity contribution in [3.63, 3.8) is 0 Å². The van der Waals surface area contributed by atoms with Gasteiger partial charge in [0.1, 0.15) is 0 Å². The molecule has 5 nitrogen and oxygen atoms in total. The second-order valence-electron chi connectivity index (χ2n) is 0.513. The fraction of sp³-hybridized carbons (Fsp3) is 0. The zero-order chi connectivity index (χ0) is 4.50. The van der Waals surface area contributed by atoms with Gasteiger partial charge in [0.05, 0.1) is 0 Å². The standard InChI is InChI=1S/AsH3O4.Cu.H3N.Zn/c2-1(3,4)5;;;/h(H3,2,3,4,5);;1H3;. The van der Waals surface area contributed by atoms with Crippen LogP contribution < -0.4 is 6.15 Å². The van der Waals surface area contributed by atoms with Gasteiger partial charge in [0.2, 0.25) is 0 Å². The summed E-state index contributed by atoms with van der Waals surface area (Å²) in [7, 11) is 0. The normalized spacial score (nSPS) is 7.38. The molecule has 0 bridgehead atoms. The molecule has 0 aliphatic rings. The summed E-state index contributed by atoms with van der Waals surface area (Å²) >= 11 is -5.12. The van der Waals surface area contributed by atoms with Crippen LogP contribution in [0.25, 0.3) is 0 Å². The van der Waals surface area contributed by atoms with Crippen molar-refractivity contribution in [2.24, 2.45) is 0 Å². The summed E-state index contributed by atoms with van der Waals surface area (Å²) < 4.78 is 30.7. The van der Waals surface area contributed by atoms with Gasteiger partial charge in [-0.05, 0) is 0 Å². The zero-order valence-electron chi connectivity index (χ0n) is 3.91. The van der Waals surface area contributed by atoms with Crippen LogP contribution in [0, 0.1) is 0 Å². The van der Waals surface area contributed by atoms with E-state index in [0.717, 1.165) is 0 Å². The third-order valence-corrected chi connectivity index (χ3v) is 0. The summed E-state index contributed by atoms with van der Waals surface area (Å²) in [6.45, 7) is 0. The van der Waals surface area contributed by atoms with Gasteiger partial charge in [-0.1, -0.05) is 0 Å². The van der Waals surface area contributed by atoms with Gasteiger partial charge in [0.15, 0.2) is 0 Å². The minimum absolute atomic E-state index is 0. The molecule has 0 aromatic rings. The van der Waals surface area contributed by atoms with Gasteiger partial charge in [-0.3, -0.25) is 0 Å². The summed E-state index contributed by atoms with van der Waals surface area (Å²) in [5.41, 5.74) is 0. The first-order valence-corrected chi connectivity index (χ1v) is 4.07. The second kappa shape index (κ2) is 8.34. The maximum absolute atomic E-state index is 8.94. The van der Waals surface area contributed by atoms with Gasteiger partial charge < -0.3 is 6.15 Å². The molecule has 1 radical (unpaired) electrons. The zero-order valence-corrected chi connectivity index (χ0v) is 9.70. The molecule has 0 atom stereocenters. The average molecular weight is 288 g/mol. The maximum atomic E-state index is 8.94. The molecule has 0 aromatic heterocycles. The van der Waals surface area contributed by atoms with Crippen LogP contribution in [0.5, 0.6) is 0 Å². The molecule has 8 heavy (non-hydrogen) atoms. The van der Waals surface area contributed by atoms with Crippen molar-refractivity contribution in [3.8, 4) is 0 Å². The fourth-order valence-electron chi connectivity index (χ4n) is 0. The minimum Gasteiger partial charge on any atom is 0 e. The van der Waals surface area contributed by atoms with Crippen LogP contribution >= 0.6 is 0 Å². The summed E-state index contributed by atoms with van der Waals surface area (Å²) in [6.07, 6.45) is 0. The van der Waals surface area contributed by atoms with E-state index in [-0.39, 0.29) is 42.7 Å². The van der Waals surface area contributed by atoms with E-state index in [1.165, 1.54) is 0 Å². The van der Waals surface area contributed by atoms with Crippen LogP contribution in [0.2, 0.25) is 0 Å². The fourth-order valence-corrected chi connectivity index (χ4v) is 0. The van der Waals surface area contributed by atoms with Crippen LogP contribution in [-0.2, 0) is 40.3 Å². The molecule has 0 saturated carbocycles. The number of hydrogen-bond acceptors (Lipinski definition) is 2. The molecule has 0 aliphatic heterocycles. The SMILES string of the molecule is N.O=[As](O)(O)O.[Cu].[Zn]. The third kappa shape index (κ3) is 164. The minimum atomic E-state index is -5.12. The van der Waals surface area contributed by atoms with Crippen molar-refractivity contribution < 1.29 is 52.6 Å². The monoisotopic (exact) mass is 286 g/mol. The Hall–Kier alpha value is 1.34. The smallest absolute Gasteiger partial charge is 0 e. The van der Waals surface area contributed by atoms with Gasteiger partial charge in [-0.25, -0.2) is 0 Å². The van der Waals surface area contributed by atoms with E-state index in [1.54, 1.807) is 0 Å². The Morgan fingerprint density at radius 2 is 1.12 bits per heavy atom. The Balaban J connectivity index is -0.0000000267. The Labute approximate surface area is 73.0 Å². The van der Waals surface area contributed by atoms with Crippen LogP contribution in [0.1, 0.15) is 0 Å². The van der Waals surface area contributed by atoms with Crippen LogP contribution in [0.15, 0.2) is 0 Å². The summed E-state index contributed by atoms with van der Waals surface area (Å²) in [5.74, 6) is 0. The van der Waals surface area contributed by atoms with Crippen LogP contribution in [0.4, 0.5) is 0 Å². The molecule has 0 spiro atoms. The van der Waals surface area contributed by atoms with E-state index in [4.69, 9.17) is 16.0 Å². The van der Waals surface area contributed by atoms with Gasteiger partial charge in [-0.2, -0.15) is 0 Å². The Morgan fingerprint density at radius 3 is 1.12 bits per heavy atom. The van der Waals surface area contributed by atoms with E-state index in [1.807, 2.05) is 0 Å². The Morgan fingerprint density at radius 1 is 1.12 bits per heavy atom. The molecule has 0 aromatic carbocycles. The van der Waals surface area contributed by atoms with Crippen molar-refractivity contribution >= 4 is 14.5 Å². The second-order valence-corrected chi connectivity index (χ2v) is 2.67. The van der Waals surface area contributed by atoms with E-state index in [0.29, 0.717) is 0 Å². The molecule has 0 rings (SSSR count). The molecule has 0 unspecified atom stereocenters. The maximum Gasteiger partial charge on any atom is 0 e. The number of hydrogen-bond donors (Lipinski definition) is 4. The first-order chi connectivity index (χ1) is 2.00. The molecule has 0 heterocycles. The van der Waals surface area contributed by atoms with E-state index in [2.05, 4.69) is 0 Å². The molecule has 0 aliphatic carbocycles. The molecule has 53 valence electrons. The Kier molecular flexibility index (Phi) is 23.8. The van der Waals surface area contributed by atoms with Crippen molar-refractivity contribution in [1.29, 1.82) is 0 Å². The van der Waals surface area contributed by atoms with E-state index < -0.39 is 14.5 Å². The Bertz CT molecular complexity index is 62.2. The molecule has 8 heteroatoms. The predicted octanol–water partition coefficient (Wildman–Crippen LogP) is -2.01. The summed E-state index contributed by atoms with van der Waals surface area (Å²) in [4.78, 5) is 0. The summed E-state index contributed by atoms with van der Waals surface area (Å²) in [6, 6.07) is 0. The molecule has 6 N–H and O–H groups in total. The average Bonchev–Trinajstić information content (AvgIpc) is 0.722. The first-order valence-electron chi connectivity index (χ1n) is 0.783. The topological polar surface area (TPSA) is 113 Å². The molecule has 0 saturated heterocycles. The van der Waals surface area contributed by atoms with Gasteiger partial charge >= 0.3 is 30.5 Å². The van der Waals surface area contributed by atoms with E-state index >= 15 is 0 Å². The molecule has 0 fully saturated rings. The largest absolute Gasteiger partial charge is 0 e. The third-order valence-electron chi connectivity index (χ3n) is 0. The van der Waals surface area contributed by atoms with Crippen LogP contribution in [0.3, 0.4) is 0 Å². The van der Waals surface area contributed by atoms with Crippen LogP contribution in [-0.4, -0.2) is 26.8 Å². The van der Waals surface area contributed by atoms with Crippen molar-refractivity contribution in [1.82, 2.24) is 6.15 Å². The molecular weight excluding hydrogens is 282 g/mol. The molecule has 0 amide bonds. The quantitative estimate of drug-likeness (QED) is 0.385. The number of rotatable bonds is 0.